The van der Waals surface area contributed by atoms with Gasteiger partial charge in [-0.05, 0) is 25.1 Å². The van der Waals surface area contributed by atoms with Gasteiger partial charge in [-0.3, -0.25) is 9.59 Å². The fourth-order valence-corrected chi connectivity index (χ4v) is 3.80. The number of aromatic nitrogens is 2. The van der Waals surface area contributed by atoms with E-state index in [9.17, 15) is 9.59 Å². The van der Waals surface area contributed by atoms with Crippen LogP contribution in [0.4, 0.5) is 5.69 Å². The van der Waals surface area contributed by atoms with Crippen LogP contribution in [-0.4, -0.2) is 53.9 Å². The minimum Gasteiger partial charge on any atom is -0.495 e. The Balaban J connectivity index is 1.59. The summed E-state index contributed by atoms with van der Waals surface area (Å²) in [6.45, 7) is 4.85. The number of aryl methyl sites for hydroxylation is 1. The molecule has 0 bridgehead atoms. The molecule has 150 valence electrons. The Morgan fingerprint density at radius 2 is 1.66 bits per heavy atom. The van der Waals surface area contributed by atoms with Crippen molar-refractivity contribution in [1.82, 2.24) is 14.7 Å². The number of hydrogen-bond donors (Lipinski definition) is 0. The highest BCUT2D eigenvalue weighted by Crippen LogP contribution is 2.28. The maximum absolute atomic E-state index is 13.3. The van der Waals surface area contributed by atoms with Gasteiger partial charge in [0.25, 0.3) is 11.5 Å². The molecule has 7 nitrogen and oxygen atoms in total. The van der Waals surface area contributed by atoms with Crippen LogP contribution in [0.2, 0.25) is 0 Å². The van der Waals surface area contributed by atoms with E-state index in [2.05, 4.69) is 10.00 Å². The van der Waals surface area contributed by atoms with Gasteiger partial charge in [0.1, 0.15) is 5.75 Å². The zero-order valence-electron chi connectivity index (χ0n) is 16.7. The molecular formula is C22H24N4O3. The number of hydrogen-bond acceptors (Lipinski definition) is 5. The van der Waals surface area contributed by atoms with E-state index in [0.29, 0.717) is 49.2 Å². The molecule has 0 atom stereocenters. The summed E-state index contributed by atoms with van der Waals surface area (Å²) in [5, 5.41) is 5.52. The van der Waals surface area contributed by atoms with Gasteiger partial charge >= 0.3 is 0 Å². The lowest BCUT2D eigenvalue weighted by Gasteiger charge is -2.36. The summed E-state index contributed by atoms with van der Waals surface area (Å²) >= 11 is 0. The molecule has 1 fully saturated rings. The Morgan fingerprint density at radius 3 is 2.34 bits per heavy atom. The molecule has 1 aliphatic heterocycles. The van der Waals surface area contributed by atoms with E-state index >= 15 is 0 Å². The van der Waals surface area contributed by atoms with Crippen LogP contribution in [0.15, 0.2) is 53.3 Å². The van der Waals surface area contributed by atoms with E-state index in [-0.39, 0.29) is 11.5 Å². The van der Waals surface area contributed by atoms with Gasteiger partial charge in [-0.15, -0.1) is 0 Å². The molecule has 4 rings (SSSR count). The molecule has 1 aliphatic rings. The Bertz CT molecular complexity index is 1100. The van der Waals surface area contributed by atoms with E-state index in [1.54, 1.807) is 19.2 Å². The van der Waals surface area contributed by atoms with Crippen LogP contribution in [0, 0.1) is 0 Å². The van der Waals surface area contributed by atoms with Crippen molar-refractivity contribution in [2.75, 3.05) is 38.2 Å². The van der Waals surface area contributed by atoms with Gasteiger partial charge in [-0.1, -0.05) is 30.3 Å². The SMILES string of the molecule is CCn1nc(C(=O)N2CCN(c3ccccc3OC)CC2)c2ccccc2c1=O. The number of methoxy groups -OCH3 is 1. The van der Waals surface area contributed by atoms with Gasteiger partial charge in [0.05, 0.1) is 18.2 Å². The van der Waals surface area contributed by atoms with E-state index in [4.69, 9.17) is 4.74 Å². The lowest BCUT2D eigenvalue weighted by atomic mass is 10.1. The van der Waals surface area contributed by atoms with Gasteiger partial charge in [0.2, 0.25) is 0 Å². The molecule has 2 heterocycles. The van der Waals surface area contributed by atoms with Crippen LogP contribution in [0.5, 0.6) is 5.75 Å². The van der Waals surface area contributed by atoms with Crippen LogP contribution < -0.4 is 15.2 Å². The number of fused-ring (bicyclic) bond motifs is 1. The average Bonchev–Trinajstić information content (AvgIpc) is 2.79. The lowest BCUT2D eigenvalue weighted by Crippen LogP contribution is -2.49. The third-order valence-corrected chi connectivity index (χ3v) is 5.36. The van der Waals surface area contributed by atoms with Gasteiger partial charge < -0.3 is 14.5 Å². The van der Waals surface area contributed by atoms with Crippen molar-refractivity contribution in [2.45, 2.75) is 13.5 Å². The Hall–Kier alpha value is -3.35. The van der Waals surface area contributed by atoms with Crippen molar-refractivity contribution in [1.29, 1.82) is 0 Å². The normalized spacial score (nSPS) is 14.3. The molecule has 3 aromatic rings. The van der Waals surface area contributed by atoms with Crippen molar-refractivity contribution in [3.8, 4) is 5.75 Å². The Kier molecular flexibility index (Phi) is 5.20. The van der Waals surface area contributed by atoms with Crippen LogP contribution in [0.25, 0.3) is 10.8 Å². The largest absolute Gasteiger partial charge is 0.495 e. The monoisotopic (exact) mass is 392 g/mol. The number of benzene rings is 2. The smallest absolute Gasteiger partial charge is 0.275 e. The number of anilines is 1. The second-order valence-electron chi connectivity index (χ2n) is 6.97. The predicted octanol–water partition coefficient (Wildman–Crippen LogP) is 2.39. The molecule has 7 heteroatoms. The van der Waals surface area contributed by atoms with Crippen LogP contribution in [0.1, 0.15) is 17.4 Å². The molecule has 0 N–H and O–H groups in total. The molecule has 2 aromatic carbocycles. The fourth-order valence-electron chi connectivity index (χ4n) is 3.80. The van der Waals surface area contributed by atoms with Crippen molar-refractivity contribution >= 4 is 22.4 Å². The number of para-hydroxylation sites is 2. The molecule has 0 spiro atoms. The lowest BCUT2D eigenvalue weighted by molar-refractivity contribution is 0.0740. The number of amides is 1. The minimum atomic E-state index is -0.166. The van der Waals surface area contributed by atoms with E-state index < -0.39 is 0 Å². The van der Waals surface area contributed by atoms with Crippen LogP contribution >= 0.6 is 0 Å². The molecule has 0 saturated carbocycles. The van der Waals surface area contributed by atoms with Crippen molar-refractivity contribution < 1.29 is 9.53 Å². The third kappa shape index (κ3) is 3.44. The predicted molar refractivity (Wildman–Crippen MR) is 113 cm³/mol. The summed E-state index contributed by atoms with van der Waals surface area (Å²) in [6.07, 6.45) is 0. The number of rotatable bonds is 4. The molecule has 1 amide bonds. The third-order valence-electron chi connectivity index (χ3n) is 5.36. The molecule has 0 radical (unpaired) electrons. The molecule has 0 aliphatic carbocycles. The summed E-state index contributed by atoms with van der Waals surface area (Å²) in [7, 11) is 1.66. The van der Waals surface area contributed by atoms with Gasteiger partial charge in [0, 0.05) is 38.1 Å². The maximum atomic E-state index is 13.3. The molecule has 1 aromatic heterocycles. The first kappa shape index (κ1) is 19.0. The molecule has 0 unspecified atom stereocenters. The number of piperazine rings is 1. The first-order valence-corrected chi connectivity index (χ1v) is 9.81. The Labute approximate surface area is 169 Å². The summed E-state index contributed by atoms with van der Waals surface area (Å²) in [5.41, 5.74) is 1.21. The summed E-state index contributed by atoms with van der Waals surface area (Å²) in [4.78, 5) is 29.8. The van der Waals surface area contributed by atoms with Crippen LogP contribution in [-0.2, 0) is 6.54 Å². The molecule has 1 saturated heterocycles. The van der Waals surface area contributed by atoms with Crippen molar-refractivity contribution in [3.05, 3.63) is 64.6 Å². The number of ether oxygens (including phenoxy) is 1. The topological polar surface area (TPSA) is 67.7 Å². The van der Waals surface area contributed by atoms with E-state index in [1.165, 1.54) is 4.68 Å². The fraction of sp³-hybridized carbons (Fsp3) is 0.318. The quantitative estimate of drug-likeness (QED) is 0.682. The summed E-state index contributed by atoms with van der Waals surface area (Å²) in [5.74, 6) is 0.693. The first-order chi connectivity index (χ1) is 14.1. The zero-order chi connectivity index (χ0) is 20.4. The highest BCUT2D eigenvalue weighted by atomic mass is 16.5. The first-order valence-electron chi connectivity index (χ1n) is 9.81. The maximum Gasteiger partial charge on any atom is 0.275 e. The van der Waals surface area contributed by atoms with Gasteiger partial charge in [-0.2, -0.15) is 5.10 Å². The number of nitrogens with zero attached hydrogens (tertiary/aromatic N) is 4. The average molecular weight is 392 g/mol. The second-order valence-corrected chi connectivity index (χ2v) is 6.97. The van der Waals surface area contributed by atoms with Crippen molar-refractivity contribution in [2.24, 2.45) is 0 Å². The zero-order valence-corrected chi connectivity index (χ0v) is 16.7. The second kappa shape index (κ2) is 7.95. The highest BCUT2D eigenvalue weighted by molar-refractivity contribution is 6.04. The standard InChI is InChI=1S/C22H24N4O3/c1-3-26-21(27)17-9-5-4-8-16(17)20(23-26)22(28)25-14-12-24(13-15-25)18-10-6-7-11-19(18)29-2/h4-11H,3,12-15H2,1-2H3. The van der Waals surface area contributed by atoms with E-state index in [0.717, 1.165) is 11.4 Å². The van der Waals surface area contributed by atoms with E-state index in [1.807, 2.05) is 48.2 Å². The molecule has 29 heavy (non-hydrogen) atoms. The van der Waals surface area contributed by atoms with Gasteiger partial charge in [0.15, 0.2) is 5.69 Å². The summed E-state index contributed by atoms with van der Waals surface area (Å²) in [6, 6.07) is 15.1. The minimum absolute atomic E-state index is 0.136. The van der Waals surface area contributed by atoms with Gasteiger partial charge in [-0.25, -0.2) is 4.68 Å². The highest BCUT2D eigenvalue weighted by Gasteiger charge is 2.26. The Morgan fingerprint density at radius 1 is 1.00 bits per heavy atom. The molecular weight excluding hydrogens is 368 g/mol. The number of carbonyl (C=O) groups is 1. The summed E-state index contributed by atoms with van der Waals surface area (Å²) < 4.78 is 6.82. The van der Waals surface area contributed by atoms with Crippen LogP contribution in [0.3, 0.4) is 0 Å². The van der Waals surface area contributed by atoms with Crippen molar-refractivity contribution in [3.63, 3.8) is 0 Å². The number of carbonyl (C=O) groups excluding carboxylic acids is 1.